The van der Waals surface area contributed by atoms with Crippen molar-refractivity contribution >= 4 is 5.69 Å². The maximum atomic E-state index is 10.8. The molecule has 20 heavy (non-hydrogen) atoms. The van der Waals surface area contributed by atoms with Gasteiger partial charge in [0.2, 0.25) is 0 Å². The van der Waals surface area contributed by atoms with Crippen molar-refractivity contribution in [3.05, 3.63) is 39.9 Å². The van der Waals surface area contributed by atoms with Gasteiger partial charge in [-0.3, -0.25) is 15.0 Å². The first-order valence-corrected chi connectivity index (χ1v) is 7.09. The Balaban J connectivity index is 2.28. The monoisotopic (exact) mass is 277 g/mol. The number of nitro groups is 1. The highest BCUT2D eigenvalue weighted by Crippen LogP contribution is 2.38. The predicted octanol–water partition coefficient (Wildman–Crippen LogP) is 2.59. The van der Waals surface area contributed by atoms with Gasteiger partial charge < -0.3 is 5.32 Å². The number of benzene rings is 1. The van der Waals surface area contributed by atoms with Gasteiger partial charge in [-0.1, -0.05) is 32.9 Å². The van der Waals surface area contributed by atoms with Gasteiger partial charge in [-0.15, -0.1) is 0 Å². The smallest absolute Gasteiger partial charge is 0.269 e. The number of piperazine rings is 1. The van der Waals surface area contributed by atoms with E-state index >= 15 is 0 Å². The van der Waals surface area contributed by atoms with Gasteiger partial charge in [-0.05, 0) is 11.0 Å². The van der Waals surface area contributed by atoms with Crippen molar-refractivity contribution in [2.24, 2.45) is 5.41 Å². The van der Waals surface area contributed by atoms with Crippen LogP contribution < -0.4 is 5.32 Å². The minimum atomic E-state index is -0.347. The number of nitrogens with zero attached hydrogens (tertiary/aromatic N) is 2. The lowest BCUT2D eigenvalue weighted by molar-refractivity contribution is -0.384. The largest absolute Gasteiger partial charge is 0.314 e. The van der Waals surface area contributed by atoms with E-state index in [4.69, 9.17) is 0 Å². The predicted molar refractivity (Wildman–Crippen MR) is 79.7 cm³/mol. The van der Waals surface area contributed by atoms with E-state index in [1.165, 1.54) is 0 Å². The molecule has 5 nitrogen and oxygen atoms in total. The van der Waals surface area contributed by atoms with E-state index in [9.17, 15) is 10.1 Å². The average molecular weight is 277 g/mol. The molecular weight excluding hydrogens is 254 g/mol. The molecular formula is C15H23N3O2. The van der Waals surface area contributed by atoms with Gasteiger partial charge >= 0.3 is 0 Å². The molecule has 0 unspecified atom stereocenters. The van der Waals surface area contributed by atoms with Crippen LogP contribution >= 0.6 is 0 Å². The van der Waals surface area contributed by atoms with Gasteiger partial charge in [-0.25, -0.2) is 0 Å². The fourth-order valence-electron chi connectivity index (χ4n) is 2.98. The van der Waals surface area contributed by atoms with Crippen molar-refractivity contribution < 1.29 is 4.92 Å². The van der Waals surface area contributed by atoms with Gasteiger partial charge in [0, 0.05) is 44.4 Å². The van der Waals surface area contributed by atoms with Crippen LogP contribution in [0.2, 0.25) is 0 Å². The number of nitrogens with one attached hydrogen (secondary N) is 1. The second kappa shape index (κ2) is 5.89. The summed E-state index contributed by atoms with van der Waals surface area (Å²) < 4.78 is 0. The van der Waals surface area contributed by atoms with Crippen molar-refractivity contribution in [3.63, 3.8) is 0 Å². The highest BCUT2D eigenvalue weighted by Gasteiger charge is 2.32. The van der Waals surface area contributed by atoms with Crippen LogP contribution in [0, 0.1) is 15.5 Å². The summed E-state index contributed by atoms with van der Waals surface area (Å²) in [6.07, 6.45) is 0. The van der Waals surface area contributed by atoms with E-state index in [2.05, 4.69) is 31.0 Å². The van der Waals surface area contributed by atoms with Crippen LogP contribution in [0.1, 0.15) is 32.4 Å². The van der Waals surface area contributed by atoms with Gasteiger partial charge in [-0.2, -0.15) is 0 Å². The molecule has 0 bridgehead atoms. The zero-order valence-electron chi connectivity index (χ0n) is 12.4. The molecule has 0 aromatic heterocycles. The first-order valence-electron chi connectivity index (χ1n) is 7.09. The van der Waals surface area contributed by atoms with Crippen LogP contribution in [0.3, 0.4) is 0 Å². The highest BCUT2D eigenvalue weighted by molar-refractivity contribution is 5.34. The van der Waals surface area contributed by atoms with Gasteiger partial charge in [0.25, 0.3) is 5.69 Å². The standard InChI is InChI=1S/C15H23N3O2/c1-15(2,3)14(17-10-8-16-9-11-17)12-4-6-13(7-5-12)18(19)20/h4-7,14,16H,8-11H2,1-3H3/t14-/m0/s1. The quantitative estimate of drug-likeness (QED) is 0.681. The number of hydrogen-bond acceptors (Lipinski definition) is 4. The molecule has 1 atom stereocenters. The van der Waals surface area contributed by atoms with Crippen molar-refractivity contribution in [2.75, 3.05) is 26.2 Å². The molecule has 0 spiro atoms. The first-order chi connectivity index (χ1) is 9.39. The number of rotatable bonds is 3. The molecule has 0 saturated carbocycles. The van der Waals surface area contributed by atoms with Crippen molar-refractivity contribution in [2.45, 2.75) is 26.8 Å². The minimum Gasteiger partial charge on any atom is -0.314 e. The second-order valence-corrected chi connectivity index (χ2v) is 6.40. The number of nitro benzene ring substituents is 1. The second-order valence-electron chi connectivity index (χ2n) is 6.40. The number of non-ortho nitro benzene ring substituents is 1. The molecule has 1 heterocycles. The van der Waals surface area contributed by atoms with Crippen LogP contribution in [0.25, 0.3) is 0 Å². The third-order valence-electron chi connectivity index (χ3n) is 3.76. The van der Waals surface area contributed by atoms with Crippen molar-refractivity contribution in [3.8, 4) is 0 Å². The molecule has 2 rings (SSSR count). The highest BCUT2D eigenvalue weighted by atomic mass is 16.6. The summed E-state index contributed by atoms with van der Waals surface area (Å²) in [6, 6.07) is 7.30. The van der Waals surface area contributed by atoms with Gasteiger partial charge in [0.05, 0.1) is 4.92 Å². The molecule has 1 aromatic rings. The summed E-state index contributed by atoms with van der Waals surface area (Å²) >= 11 is 0. The zero-order chi connectivity index (χ0) is 14.8. The molecule has 1 saturated heterocycles. The van der Waals surface area contributed by atoms with E-state index in [1.807, 2.05) is 12.1 Å². The van der Waals surface area contributed by atoms with E-state index in [0.29, 0.717) is 0 Å². The Morgan fingerprint density at radius 1 is 1.20 bits per heavy atom. The molecule has 5 heteroatoms. The van der Waals surface area contributed by atoms with E-state index in [1.54, 1.807) is 12.1 Å². The van der Waals surface area contributed by atoms with E-state index in [-0.39, 0.29) is 22.1 Å². The Labute approximate surface area is 120 Å². The number of hydrogen-bond donors (Lipinski definition) is 1. The summed E-state index contributed by atoms with van der Waals surface area (Å²) in [4.78, 5) is 12.9. The van der Waals surface area contributed by atoms with Crippen LogP contribution in [0.15, 0.2) is 24.3 Å². The Morgan fingerprint density at radius 2 is 1.75 bits per heavy atom. The molecule has 1 aliphatic rings. The fourth-order valence-corrected chi connectivity index (χ4v) is 2.98. The topological polar surface area (TPSA) is 58.4 Å². The van der Waals surface area contributed by atoms with Gasteiger partial charge in [0.1, 0.15) is 0 Å². The fraction of sp³-hybridized carbons (Fsp3) is 0.600. The minimum absolute atomic E-state index is 0.0907. The van der Waals surface area contributed by atoms with Crippen LogP contribution in [0.5, 0.6) is 0 Å². The Morgan fingerprint density at radius 3 is 2.20 bits per heavy atom. The maximum absolute atomic E-state index is 10.8. The molecule has 1 N–H and O–H groups in total. The normalized spacial score (nSPS) is 18.8. The summed E-state index contributed by atoms with van der Waals surface area (Å²) in [5.74, 6) is 0. The molecule has 110 valence electrons. The lowest BCUT2D eigenvalue weighted by Gasteiger charge is -2.42. The Kier molecular flexibility index (Phi) is 4.40. The summed E-state index contributed by atoms with van der Waals surface area (Å²) in [6.45, 7) is 10.7. The third-order valence-corrected chi connectivity index (χ3v) is 3.76. The van der Waals surface area contributed by atoms with E-state index < -0.39 is 0 Å². The van der Waals surface area contributed by atoms with Crippen LogP contribution in [-0.2, 0) is 0 Å². The third kappa shape index (κ3) is 3.35. The maximum Gasteiger partial charge on any atom is 0.269 e. The average Bonchev–Trinajstić information content (AvgIpc) is 2.39. The van der Waals surface area contributed by atoms with E-state index in [0.717, 1.165) is 31.7 Å². The summed E-state index contributed by atoms with van der Waals surface area (Å²) in [7, 11) is 0. The van der Waals surface area contributed by atoms with Crippen LogP contribution in [-0.4, -0.2) is 36.0 Å². The molecule has 1 fully saturated rings. The van der Waals surface area contributed by atoms with Gasteiger partial charge in [0.15, 0.2) is 0 Å². The lowest BCUT2D eigenvalue weighted by atomic mass is 9.81. The summed E-state index contributed by atoms with van der Waals surface area (Å²) in [5, 5.41) is 14.1. The molecule has 0 amide bonds. The molecule has 1 aromatic carbocycles. The van der Waals surface area contributed by atoms with Crippen molar-refractivity contribution in [1.29, 1.82) is 0 Å². The van der Waals surface area contributed by atoms with Crippen molar-refractivity contribution in [1.82, 2.24) is 10.2 Å². The van der Waals surface area contributed by atoms with Crippen LogP contribution in [0.4, 0.5) is 5.69 Å². The molecule has 0 radical (unpaired) electrons. The Bertz CT molecular complexity index is 459. The molecule has 1 aliphatic heterocycles. The Hall–Kier alpha value is -1.46. The SMILES string of the molecule is CC(C)(C)[C@H](c1ccc([N+](=O)[O-])cc1)N1CCNCC1. The summed E-state index contributed by atoms with van der Waals surface area (Å²) in [5.41, 5.74) is 1.40. The lowest BCUT2D eigenvalue weighted by Crippen LogP contribution is -2.48. The zero-order valence-corrected chi connectivity index (χ0v) is 12.4. The molecule has 0 aliphatic carbocycles. The first kappa shape index (κ1) is 14.9.